The van der Waals surface area contributed by atoms with Crippen LogP contribution < -0.4 is 0 Å². The van der Waals surface area contributed by atoms with Gasteiger partial charge in [-0.2, -0.15) is 13.2 Å². The number of hydrogen-bond donors (Lipinski definition) is 3. The van der Waals surface area contributed by atoms with Crippen molar-refractivity contribution in [3.63, 3.8) is 0 Å². The largest absolute Gasteiger partial charge is 0.508 e. The highest BCUT2D eigenvalue weighted by molar-refractivity contribution is 5.79. The zero-order valence-electron chi connectivity index (χ0n) is 15.3. The van der Waals surface area contributed by atoms with Gasteiger partial charge in [0.05, 0.1) is 11.7 Å². The summed E-state index contributed by atoms with van der Waals surface area (Å²) >= 11 is 0. The predicted octanol–water partition coefficient (Wildman–Crippen LogP) is 4.61. The normalized spacial score (nSPS) is 15.0. The van der Waals surface area contributed by atoms with E-state index in [1.807, 2.05) is 0 Å². The van der Waals surface area contributed by atoms with Crippen molar-refractivity contribution in [3.05, 3.63) is 59.8 Å². The van der Waals surface area contributed by atoms with Crippen LogP contribution in [0, 0.1) is 5.82 Å². The molecule has 2 aromatic heterocycles. The van der Waals surface area contributed by atoms with Gasteiger partial charge in [-0.1, -0.05) is 13.8 Å². The fraction of sp³-hybridized carbons (Fsp3) is 0.350. The molecule has 1 atom stereocenters. The summed E-state index contributed by atoms with van der Waals surface area (Å²) in [6.45, 7) is 2.85. The molecule has 1 aromatic carbocycles. The van der Waals surface area contributed by atoms with Gasteiger partial charge in [0.1, 0.15) is 11.6 Å². The Hall–Kier alpha value is -2.61. The number of halogens is 4. The van der Waals surface area contributed by atoms with Crippen molar-refractivity contribution in [1.29, 1.82) is 0 Å². The van der Waals surface area contributed by atoms with Crippen LogP contribution in [0.1, 0.15) is 31.5 Å². The maximum Gasteiger partial charge on any atom is 0.417 e. The molecule has 8 heteroatoms. The molecular formula is C20H20F4N2O2. The first-order valence-corrected chi connectivity index (χ1v) is 8.61. The number of aromatic amines is 1. The molecule has 0 radical (unpaired) electrons. The molecule has 0 aliphatic heterocycles. The number of aromatic hydroxyl groups is 1. The lowest BCUT2D eigenvalue weighted by Crippen LogP contribution is -2.50. The summed E-state index contributed by atoms with van der Waals surface area (Å²) in [7, 11) is 0. The highest BCUT2D eigenvalue weighted by atomic mass is 19.4. The minimum atomic E-state index is -4.94. The molecule has 0 aliphatic rings. The average molecular weight is 396 g/mol. The number of aromatic nitrogens is 2. The Morgan fingerprint density at radius 2 is 1.82 bits per heavy atom. The Morgan fingerprint density at radius 1 is 1.11 bits per heavy atom. The van der Waals surface area contributed by atoms with E-state index in [1.165, 1.54) is 32.3 Å². The van der Waals surface area contributed by atoms with Gasteiger partial charge in [0.2, 0.25) is 0 Å². The van der Waals surface area contributed by atoms with Gasteiger partial charge in [0, 0.05) is 29.3 Å². The zero-order chi connectivity index (χ0) is 20.7. The molecule has 28 heavy (non-hydrogen) atoms. The van der Waals surface area contributed by atoms with Crippen LogP contribution in [0.2, 0.25) is 0 Å². The highest BCUT2D eigenvalue weighted by Gasteiger charge is 2.56. The second-order valence-electron chi connectivity index (χ2n) is 7.69. The maximum absolute atomic E-state index is 13.9. The minimum absolute atomic E-state index is 0.00368. The lowest BCUT2D eigenvalue weighted by Gasteiger charge is -2.38. The number of fused-ring (bicyclic) bond motifs is 1. The summed E-state index contributed by atoms with van der Waals surface area (Å²) in [4.78, 5) is 6.75. The molecule has 0 aliphatic carbocycles. The van der Waals surface area contributed by atoms with Crippen LogP contribution in [0.5, 0.6) is 5.75 Å². The quantitative estimate of drug-likeness (QED) is 0.552. The zero-order valence-corrected chi connectivity index (χ0v) is 15.3. The van der Waals surface area contributed by atoms with Gasteiger partial charge in [-0.15, -0.1) is 0 Å². The second kappa shape index (κ2) is 6.77. The number of nitrogens with zero attached hydrogens (tertiary/aromatic N) is 1. The fourth-order valence-corrected chi connectivity index (χ4v) is 3.58. The Bertz CT molecular complexity index is 964. The molecule has 0 saturated heterocycles. The van der Waals surface area contributed by atoms with Gasteiger partial charge in [-0.25, -0.2) is 4.39 Å². The van der Waals surface area contributed by atoms with E-state index in [1.54, 1.807) is 6.07 Å². The third-order valence-corrected chi connectivity index (χ3v) is 4.91. The Labute approximate surface area is 158 Å². The maximum atomic E-state index is 13.9. The molecule has 0 fully saturated rings. The summed E-state index contributed by atoms with van der Waals surface area (Å²) < 4.78 is 55.2. The van der Waals surface area contributed by atoms with E-state index >= 15 is 0 Å². The van der Waals surface area contributed by atoms with Gasteiger partial charge in [-0.05, 0) is 42.2 Å². The van der Waals surface area contributed by atoms with Crippen molar-refractivity contribution in [2.24, 2.45) is 0 Å². The van der Waals surface area contributed by atoms with Crippen LogP contribution in [-0.2, 0) is 11.8 Å². The average Bonchev–Trinajstić information content (AvgIpc) is 2.97. The van der Waals surface area contributed by atoms with Crippen LogP contribution >= 0.6 is 0 Å². The van der Waals surface area contributed by atoms with Crippen LogP contribution in [0.25, 0.3) is 10.9 Å². The first kappa shape index (κ1) is 20.1. The van der Waals surface area contributed by atoms with Crippen LogP contribution in [0.3, 0.4) is 0 Å². The van der Waals surface area contributed by atoms with E-state index in [0.717, 1.165) is 18.2 Å². The Morgan fingerprint density at radius 3 is 2.46 bits per heavy atom. The molecule has 3 N–H and O–H groups in total. The van der Waals surface area contributed by atoms with Gasteiger partial charge in [-0.3, -0.25) is 4.98 Å². The van der Waals surface area contributed by atoms with E-state index in [-0.39, 0.29) is 17.0 Å². The van der Waals surface area contributed by atoms with Gasteiger partial charge in [0.15, 0.2) is 5.60 Å². The molecule has 0 saturated carbocycles. The fourth-order valence-electron chi connectivity index (χ4n) is 3.58. The first-order valence-electron chi connectivity index (χ1n) is 8.61. The minimum Gasteiger partial charge on any atom is -0.508 e. The molecular weight excluding hydrogens is 376 g/mol. The highest BCUT2D eigenvalue weighted by Crippen LogP contribution is 2.45. The molecule has 0 bridgehead atoms. The third kappa shape index (κ3) is 3.82. The number of phenolic OH excluding ortho intramolecular Hbond substituents is 1. The summed E-state index contributed by atoms with van der Waals surface area (Å²) in [6, 6.07) is 6.27. The number of phenols is 1. The van der Waals surface area contributed by atoms with Crippen molar-refractivity contribution < 1.29 is 27.8 Å². The molecule has 1 unspecified atom stereocenters. The van der Waals surface area contributed by atoms with Gasteiger partial charge in [0.25, 0.3) is 0 Å². The SMILES string of the molecule is CC(C)(CC(O)(Cc1cc2ccncc2[nH]1)C(F)(F)F)c1cc(F)ccc1O. The molecule has 0 amide bonds. The second-order valence-corrected chi connectivity index (χ2v) is 7.69. The predicted molar refractivity (Wildman–Crippen MR) is 96.5 cm³/mol. The van der Waals surface area contributed by atoms with Crippen LogP contribution in [-0.4, -0.2) is 32.0 Å². The molecule has 3 aromatic rings. The smallest absolute Gasteiger partial charge is 0.417 e. The molecule has 0 spiro atoms. The van der Waals surface area contributed by atoms with Crippen molar-refractivity contribution in [1.82, 2.24) is 9.97 Å². The van der Waals surface area contributed by atoms with Crippen LogP contribution in [0.4, 0.5) is 17.6 Å². The van der Waals surface area contributed by atoms with Crippen molar-refractivity contribution in [2.45, 2.75) is 43.9 Å². The van der Waals surface area contributed by atoms with Crippen molar-refractivity contribution >= 4 is 10.9 Å². The molecule has 150 valence electrons. The van der Waals surface area contributed by atoms with E-state index in [4.69, 9.17) is 0 Å². The van der Waals surface area contributed by atoms with Crippen molar-refractivity contribution in [3.8, 4) is 5.75 Å². The topological polar surface area (TPSA) is 69.1 Å². The van der Waals surface area contributed by atoms with E-state index in [0.29, 0.717) is 10.9 Å². The Balaban J connectivity index is 1.98. The molecule has 4 nitrogen and oxygen atoms in total. The van der Waals surface area contributed by atoms with E-state index in [2.05, 4.69) is 9.97 Å². The number of hydrogen-bond acceptors (Lipinski definition) is 3. The number of rotatable bonds is 5. The first-order chi connectivity index (χ1) is 12.9. The van der Waals surface area contributed by atoms with E-state index in [9.17, 15) is 27.8 Å². The van der Waals surface area contributed by atoms with E-state index < -0.39 is 35.9 Å². The standard InChI is InChI=1S/C20H20F4N2O2/c1-18(2,15-8-13(21)3-4-17(15)27)11-19(28,20(22,23)24)9-14-7-12-5-6-25-10-16(12)26-14/h3-8,10,26-28H,9,11H2,1-2H3. The number of aliphatic hydroxyl groups is 1. The summed E-state index contributed by atoms with van der Waals surface area (Å²) in [5.74, 6) is -1.01. The lowest BCUT2D eigenvalue weighted by atomic mass is 9.73. The van der Waals surface area contributed by atoms with Crippen LogP contribution in [0.15, 0.2) is 42.7 Å². The summed E-state index contributed by atoms with van der Waals surface area (Å²) in [5.41, 5.74) is -3.70. The molecule has 3 rings (SSSR count). The lowest BCUT2D eigenvalue weighted by molar-refractivity contribution is -0.266. The van der Waals surface area contributed by atoms with Gasteiger partial charge >= 0.3 is 6.18 Å². The van der Waals surface area contributed by atoms with Gasteiger partial charge < -0.3 is 15.2 Å². The molecule has 2 heterocycles. The summed E-state index contributed by atoms with van der Waals surface area (Å²) in [6.07, 6.45) is -3.42. The Kier molecular flexibility index (Phi) is 4.87. The summed E-state index contributed by atoms with van der Waals surface area (Å²) in [5, 5.41) is 21.3. The monoisotopic (exact) mass is 396 g/mol. The number of nitrogens with one attached hydrogen (secondary N) is 1. The number of pyridine rings is 1. The number of benzene rings is 1. The van der Waals surface area contributed by atoms with Crippen molar-refractivity contribution in [2.75, 3.05) is 0 Å². The third-order valence-electron chi connectivity index (χ3n) is 4.91. The number of alkyl halides is 3. The number of H-pyrrole nitrogens is 1.